The zero-order valence-corrected chi connectivity index (χ0v) is 16.5. The highest BCUT2D eigenvalue weighted by atomic mass is 16.5. The Bertz CT molecular complexity index is 804. The van der Waals surface area contributed by atoms with E-state index < -0.39 is 5.60 Å². The monoisotopic (exact) mass is 379 g/mol. The molecule has 4 rings (SSSR count). The summed E-state index contributed by atoms with van der Waals surface area (Å²) < 4.78 is 5.31. The van der Waals surface area contributed by atoms with Gasteiger partial charge in [-0.05, 0) is 42.5 Å². The molecule has 0 aromatic heterocycles. The van der Waals surface area contributed by atoms with E-state index in [0.29, 0.717) is 19.4 Å². The molecule has 1 N–H and O–H groups in total. The molecule has 0 bridgehead atoms. The first-order valence-electron chi connectivity index (χ1n) is 10.3. The molecule has 1 amide bonds. The van der Waals surface area contributed by atoms with Crippen molar-refractivity contribution < 1.29 is 14.6 Å². The van der Waals surface area contributed by atoms with E-state index in [1.54, 1.807) is 7.11 Å². The minimum Gasteiger partial charge on any atom is -0.497 e. The first-order valence-corrected chi connectivity index (χ1v) is 10.3. The van der Waals surface area contributed by atoms with Gasteiger partial charge in [-0.25, -0.2) is 0 Å². The van der Waals surface area contributed by atoms with Gasteiger partial charge in [0.25, 0.3) is 0 Å². The smallest absolute Gasteiger partial charge is 0.227 e. The largest absolute Gasteiger partial charge is 0.497 e. The van der Waals surface area contributed by atoms with Gasteiger partial charge in [0.15, 0.2) is 0 Å². The third-order valence-electron chi connectivity index (χ3n) is 6.54. The summed E-state index contributed by atoms with van der Waals surface area (Å²) in [7, 11) is 1.66. The van der Waals surface area contributed by atoms with Crippen molar-refractivity contribution >= 4 is 5.91 Å². The summed E-state index contributed by atoms with van der Waals surface area (Å²) in [6.07, 6.45) is 5.05. The van der Waals surface area contributed by atoms with Crippen LogP contribution in [0.2, 0.25) is 0 Å². The van der Waals surface area contributed by atoms with Gasteiger partial charge in [0.05, 0.1) is 25.2 Å². The van der Waals surface area contributed by atoms with E-state index in [0.717, 1.165) is 42.6 Å². The Labute approximate surface area is 167 Å². The van der Waals surface area contributed by atoms with Gasteiger partial charge in [0, 0.05) is 12.5 Å². The second kappa shape index (κ2) is 7.96. The van der Waals surface area contributed by atoms with E-state index in [1.165, 1.54) is 0 Å². The number of methoxy groups -OCH3 is 1. The lowest BCUT2D eigenvalue weighted by Gasteiger charge is -2.52. The fraction of sp³-hybridized carbons (Fsp3) is 0.458. The molecule has 1 aliphatic carbocycles. The number of carbonyl (C=O) groups is 1. The van der Waals surface area contributed by atoms with Gasteiger partial charge >= 0.3 is 0 Å². The minimum absolute atomic E-state index is 0.0823. The van der Waals surface area contributed by atoms with E-state index >= 15 is 0 Å². The summed E-state index contributed by atoms with van der Waals surface area (Å²) >= 11 is 0. The van der Waals surface area contributed by atoms with Crippen LogP contribution in [0.4, 0.5) is 0 Å². The Balaban J connectivity index is 1.66. The third-order valence-corrected chi connectivity index (χ3v) is 6.54. The van der Waals surface area contributed by atoms with Crippen molar-refractivity contribution in [3.05, 3.63) is 65.7 Å². The summed E-state index contributed by atoms with van der Waals surface area (Å²) in [6, 6.07) is 17.8. The van der Waals surface area contributed by atoms with Gasteiger partial charge in [-0.2, -0.15) is 0 Å². The minimum atomic E-state index is -0.660. The van der Waals surface area contributed by atoms with Crippen molar-refractivity contribution in [1.82, 2.24) is 4.90 Å². The maximum atomic E-state index is 13.3. The van der Waals surface area contributed by atoms with Crippen LogP contribution in [0, 0.1) is 5.92 Å². The zero-order valence-electron chi connectivity index (χ0n) is 16.5. The number of piperidine rings is 1. The van der Waals surface area contributed by atoms with Crippen LogP contribution in [0.1, 0.15) is 49.3 Å². The van der Waals surface area contributed by atoms with Gasteiger partial charge in [0.2, 0.25) is 5.91 Å². The second-order valence-corrected chi connectivity index (χ2v) is 8.17. The molecule has 4 heteroatoms. The quantitative estimate of drug-likeness (QED) is 0.869. The Morgan fingerprint density at radius 3 is 2.57 bits per heavy atom. The summed E-state index contributed by atoms with van der Waals surface area (Å²) in [4.78, 5) is 15.3. The fourth-order valence-electron chi connectivity index (χ4n) is 5.05. The number of carbonyl (C=O) groups excluding carboxylic acids is 1. The van der Waals surface area contributed by atoms with Crippen molar-refractivity contribution in [2.75, 3.05) is 13.7 Å². The molecule has 1 saturated heterocycles. The number of benzene rings is 2. The Morgan fingerprint density at radius 1 is 1.11 bits per heavy atom. The standard InChI is InChI=1S/C24H29NO3/c1-28-20-12-10-19(11-13-20)23-21-9-5-6-14-24(21,27)15-16-25(23)22(26)17-18-7-3-2-4-8-18/h2-4,7-8,10-13,21,23,27H,5-6,9,14-17H2,1H3/t21-,23-,24+/m1/s1. The summed E-state index contributed by atoms with van der Waals surface area (Å²) in [5.41, 5.74) is 1.46. The summed E-state index contributed by atoms with van der Waals surface area (Å²) in [5.74, 6) is 1.03. The van der Waals surface area contributed by atoms with Crippen LogP contribution in [-0.4, -0.2) is 35.2 Å². The van der Waals surface area contributed by atoms with E-state index in [-0.39, 0.29) is 17.9 Å². The van der Waals surface area contributed by atoms with Gasteiger partial charge in [-0.15, -0.1) is 0 Å². The predicted molar refractivity (Wildman–Crippen MR) is 109 cm³/mol. The first kappa shape index (κ1) is 19.0. The molecule has 1 heterocycles. The molecular weight excluding hydrogens is 350 g/mol. The topological polar surface area (TPSA) is 49.8 Å². The maximum Gasteiger partial charge on any atom is 0.227 e. The number of fused-ring (bicyclic) bond motifs is 1. The van der Waals surface area contributed by atoms with Gasteiger partial charge in [-0.1, -0.05) is 55.3 Å². The maximum absolute atomic E-state index is 13.3. The van der Waals surface area contributed by atoms with Crippen LogP contribution in [0.15, 0.2) is 54.6 Å². The molecule has 148 valence electrons. The molecule has 2 aliphatic rings. The van der Waals surface area contributed by atoms with Crippen LogP contribution >= 0.6 is 0 Å². The van der Waals surface area contributed by atoms with Crippen molar-refractivity contribution in [2.45, 2.75) is 50.2 Å². The predicted octanol–water partition coefficient (Wildman–Crippen LogP) is 4.13. The molecule has 1 aliphatic heterocycles. The van der Waals surface area contributed by atoms with E-state index in [9.17, 15) is 9.90 Å². The lowest BCUT2D eigenvalue weighted by Crippen LogP contribution is -2.56. The van der Waals surface area contributed by atoms with Crippen LogP contribution in [-0.2, 0) is 11.2 Å². The van der Waals surface area contributed by atoms with Crippen molar-refractivity contribution in [3.63, 3.8) is 0 Å². The zero-order chi connectivity index (χ0) is 19.6. The molecule has 0 spiro atoms. The summed E-state index contributed by atoms with van der Waals surface area (Å²) in [5, 5.41) is 11.4. The molecule has 0 radical (unpaired) electrons. The van der Waals surface area contributed by atoms with E-state index in [2.05, 4.69) is 0 Å². The first-order chi connectivity index (χ1) is 13.6. The van der Waals surface area contributed by atoms with Crippen LogP contribution in [0.5, 0.6) is 5.75 Å². The van der Waals surface area contributed by atoms with Crippen LogP contribution in [0.3, 0.4) is 0 Å². The van der Waals surface area contributed by atoms with Crippen LogP contribution in [0.25, 0.3) is 0 Å². The molecule has 1 saturated carbocycles. The van der Waals surface area contributed by atoms with Crippen LogP contribution < -0.4 is 4.74 Å². The Hall–Kier alpha value is -2.33. The average molecular weight is 380 g/mol. The SMILES string of the molecule is COc1ccc([C@@H]2[C@H]3CCCC[C@]3(O)CCN2C(=O)Cc2ccccc2)cc1. The third kappa shape index (κ3) is 3.66. The lowest BCUT2D eigenvalue weighted by molar-refractivity contribution is -0.154. The number of likely N-dealkylation sites (tertiary alicyclic amines) is 1. The lowest BCUT2D eigenvalue weighted by atomic mass is 9.66. The average Bonchev–Trinajstić information content (AvgIpc) is 2.73. The van der Waals surface area contributed by atoms with E-state index in [1.807, 2.05) is 59.5 Å². The molecule has 2 aromatic rings. The number of hydrogen-bond donors (Lipinski definition) is 1. The molecule has 2 fully saturated rings. The normalized spacial score (nSPS) is 27.1. The Kier molecular flexibility index (Phi) is 5.40. The highest BCUT2D eigenvalue weighted by molar-refractivity contribution is 5.79. The highest BCUT2D eigenvalue weighted by Crippen LogP contribution is 2.49. The van der Waals surface area contributed by atoms with Crippen molar-refractivity contribution in [3.8, 4) is 5.75 Å². The van der Waals surface area contributed by atoms with Gasteiger partial charge in [0.1, 0.15) is 5.75 Å². The number of amides is 1. The number of nitrogens with zero attached hydrogens (tertiary/aromatic N) is 1. The highest BCUT2D eigenvalue weighted by Gasteiger charge is 2.50. The Morgan fingerprint density at radius 2 is 1.86 bits per heavy atom. The van der Waals surface area contributed by atoms with Crippen molar-refractivity contribution in [2.24, 2.45) is 5.92 Å². The van der Waals surface area contributed by atoms with E-state index in [4.69, 9.17) is 4.74 Å². The molecule has 4 nitrogen and oxygen atoms in total. The molecule has 2 aromatic carbocycles. The fourth-order valence-corrected chi connectivity index (χ4v) is 5.05. The second-order valence-electron chi connectivity index (χ2n) is 8.17. The van der Waals surface area contributed by atoms with Gasteiger partial charge in [-0.3, -0.25) is 4.79 Å². The summed E-state index contributed by atoms with van der Waals surface area (Å²) in [6.45, 7) is 0.607. The van der Waals surface area contributed by atoms with Crippen molar-refractivity contribution in [1.29, 1.82) is 0 Å². The number of aliphatic hydroxyl groups is 1. The molecule has 0 unspecified atom stereocenters. The molecular formula is C24H29NO3. The number of ether oxygens (including phenoxy) is 1. The van der Waals surface area contributed by atoms with Gasteiger partial charge < -0.3 is 14.7 Å². The molecule has 3 atom stereocenters. The number of rotatable bonds is 4. The number of hydrogen-bond acceptors (Lipinski definition) is 3. The molecule has 28 heavy (non-hydrogen) atoms.